The van der Waals surface area contributed by atoms with Crippen LogP contribution in [0.5, 0.6) is 5.75 Å². The molecule has 15 heteroatoms. The van der Waals surface area contributed by atoms with Crippen LogP contribution in [0.1, 0.15) is 41.1 Å². The van der Waals surface area contributed by atoms with E-state index >= 15 is 0 Å². The molecule has 6 N–H and O–H groups in total. The van der Waals surface area contributed by atoms with Crippen LogP contribution < -0.4 is 11.4 Å². The van der Waals surface area contributed by atoms with Gasteiger partial charge in [-0.1, -0.05) is 6.07 Å². The normalized spacial score (nSPS) is 29.8. The van der Waals surface area contributed by atoms with Gasteiger partial charge in [0, 0.05) is 19.0 Å². The molecule has 14 nitrogen and oxygen atoms in total. The first-order valence-electron chi connectivity index (χ1n) is 11.0. The standard InChI is InChI=1S/C21H26N3O11P/c22-19-3-4-24(21(29)23-19)20-7-16(17(9-26)34-20)35-36(30,31)32-10-18-14(28)6-15(33-18)11-1-2-12(8-25)13(27)5-11/h1-5,8,14-18,20,26-28H,6-7,9-10H2,(H,30,31)(H2,22,23,29)/t14-,15+,16-,17+,18+,20+/m0/s1. The summed E-state index contributed by atoms with van der Waals surface area (Å²) in [6, 6.07) is 5.70. The number of aromatic nitrogens is 2. The van der Waals surface area contributed by atoms with Gasteiger partial charge in [-0.2, -0.15) is 4.98 Å². The minimum absolute atomic E-state index is 0.0161. The number of hydrogen-bond acceptors (Lipinski definition) is 12. The third-order valence-corrected chi connectivity index (χ3v) is 6.98. The fourth-order valence-electron chi connectivity index (χ4n) is 4.11. The number of hydrogen-bond donors (Lipinski definition) is 5. The molecule has 1 aromatic carbocycles. The van der Waals surface area contributed by atoms with E-state index in [0.29, 0.717) is 11.8 Å². The average Bonchev–Trinajstić information content (AvgIpc) is 3.40. The summed E-state index contributed by atoms with van der Waals surface area (Å²) in [5, 5.41) is 29.8. The molecule has 7 atom stereocenters. The molecule has 2 aromatic rings. The Labute approximate surface area is 204 Å². The molecule has 0 radical (unpaired) electrons. The van der Waals surface area contributed by atoms with Gasteiger partial charge in [0.25, 0.3) is 0 Å². The molecule has 0 bridgehead atoms. The number of benzene rings is 1. The predicted molar refractivity (Wildman–Crippen MR) is 121 cm³/mol. The van der Waals surface area contributed by atoms with Crippen LogP contribution in [0.3, 0.4) is 0 Å². The minimum Gasteiger partial charge on any atom is -0.507 e. The van der Waals surface area contributed by atoms with Gasteiger partial charge in [0.2, 0.25) is 0 Å². The number of aromatic hydroxyl groups is 1. The van der Waals surface area contributed by atoms with E-state index in [4.69, 9.17) is 24.3 Å². The third kappa shape index (κ3) is 5.82. The summed E-state index contributed by atoms with van der Waals surface area (Å²) >= 11 is 0. The molecule has 0 aliphatic carbocycles. The van der Waals surface area contributed by atoms with Crippen molar-refractivity contribution in [2.24, 2.45) is 0 Å². The van der Waals surface area contributed by atoms with Gasteiger partial charge in [0.15, 0.2) is 6.29 Å². The number of nitrogens with zero attached hydrogens (tertiary/aromatic N) is 2. The van der Waals surface area contributed by atoms with Crippen LogP contribution in [-0.4, -0.2) is 73.7 Å². The molecular weight excluding hydrogens is 501 g/mol. The minimum atomic E-state index is -4.70. The zero-order chi connectivity index (χ0) is 26.0. The fraction of sp³-hybridized carbons (Fsp3) is 0.476. The Kier molecular flexibility index (Phi) is 7.87. The first-order valence-corrected chi connectivity index (χ1v) is 12.5. The van der Waals surface area contributed by atoms with Crippen LogP contribution in [0.25, 0.3) is 0 Å². The van der Waals surface area contributed by atoms with Gasteiger partial charge in [0.1, 0.15) is 36.1 Å². The van der Waals surface area contributed by atoms with E-state index in [1.165, 1.54) is 24.4 Å². The lowest BCUT2D eigenvalue weighted by Crippen LogP contribution is -2.29. The van der Waals surface area contributed by atoms with Crippen LogP contribution in [0.2, 0.25) is 0 Å². The van der Waals surface area contributed by atoms with Crippen molar-refractivity contribution < 1.29 is 48.1 Å². The molecule has 2 saturated heterocycles. The summed E-state index contributed by atoms with van der Waals surface area (Å²) in [5.74, 6) is -0.219. The number of phenolic OH excluding ortho intramolecular Hbond substituents is 1. The quantitative estimate of drug-likeness (QED) is 0.215. The molecule has 0 amide bonds. The van der Waals surface area contributed by atoms with Crippen molar-refractivity contribution in [3.8, 4) is 5.75 Å². The van der Waals surface area contributed by atoms with E-state index in [1.807, 2.05) is 0 Å². The second-order valence-electron chi connectivity index (χ2n) is 8.40. The summed E-state index contributed by atoms with van der Waals surface area (Å²) in [4.78, 5) is 36.8. The van der Waals surface area contributed by atoms with E-state index in [-0.39, 0.29) is 30.0 Å². The van der Waals surface area contributed by atoms with Crippen LogP contribution in [0, 0.1) is 0 Å². The zero-order valence-electron chi connectivity index (χ0n) is 18.8. The Balaban J connectivity index is 1.35. The molecule has 2 aliphatic rings. The monoisotopic (exact) mass is 527 g/mol. The topological polar surface area (TPSA) is 213 Å². The molecular formula is C21H26N3O11P. The number of aliphatic hydroxyl groups excluding tert-OH is 2. The lowest BCUT2D eigenvalue weighted by atomic mass is 10.0. The molecule has 0 spiro atoms. The smallest absolute Gasteiger partial charge is 0.472 e. The van der Waals surface area contributed by atoms with E-state index in [2.05, 4.69) is 4.98 Å². The van der Waals surface area contributed by atoms with Gasteiger partial charge in [-0.15, -0.1) is 0 Å². The van der Waals surface area contributed by atoms with E-state index in [9.17, 15) is 34.4 Å². The van der Waals surface area contributed by atoms with Crippen LogP contribution >= 0.6 is 7.82 Å². The highest BCUT2D eigenvalue weighted by atomic mass is 31.2. The number of phenols is 1. The molecule has 0 saturated carbocycles. The first kappa shape index (κ1) is 26.4. The van der Waals surface area contributed by atoms with Crippen molar-refractivity contribution in [1.29, 1.82) is 0 Å². The second-order valence-corrected chi connectivity index (χ2v) is 9.81. The molecule has 1 aromatic heterocycles. The highest BCUT2D eigenvalue weighted by molar-refractivity contribution is 7.47. The van der Waals surface area contributed by atoms with Crippen molar-refractivity contribution in [2.75, 3.05) is 18.9 Å². The number of nitrogens with two attached hydrogens (primary N) is 1. The first-order chi connectivity index (χ1) is 17.1. The summed E-state index contributed by atoms with van der Waals surface area (Å²) in [5.41, 5.74) is 5.39. The Hall–Kier alpha value is -2.68. The Bertz CT molecular complexity index is 1210. The van der Waals surface area contributed by atoms with Crippen molar-refractivity contribution in [3.05, 3.63) is 52.1 Å². The van der Waals surface area contributed by atoms with Gasteiger partial charge >= 0.3 is 13.5 Å². The van der Waals surface area contributed by atoms with Crippen molar-refractivity contribution in [1.82, 2.24) is 9.55 Å². The van der Waals surface area contributed by atoms with Gasteiger partial charge in [-0.3, -0.25) is 18.4 Å². The Morgan fingerprint density at radius 3 is 2.69 bits per heavy atom. The van der Waals surface area contributed by atoms with E-state index in [1.54, 1.807) is 6.07 Å². The largest absolute Gasteiger partial charge is 0.507 e. The molecule has 196 valence electrons. The number of phosphoric acid groups is 1. The van der Waals surface area contributed by atoms with Gasteiger partial charge < -0.3 is 35.4 Å². The molecule has 4 rings (SSSR count). The maximum Gasteiger partial charge on any atom is 0.472 e. The SMILES string of the molecule is Nc1ccn([C@H]2C[C@H](OP(=O)(O)OC[C@H]3O[C@@H](c4ccc(C=O)c(O)c4)C[C@@H]3O)[C@@H](CO)O2)c(=O)n1. The summed E-state index contributed by atoms with van der Waals surface area (Å²) in [6.07, 6.45) is -3.79. The maximum absolute atomic E-state index is 12.6. The average molecular weight is 527 g/mol. The van der Waals surface area contributed by atoms with E-state index in [0.717, 1.165) is 4.57 Å². The number of anilines is 1. The number of nitrogen functional groups attached to an aromatic ring is 1. The van der Waals surface area contributed by atoms with Crippen molar-refractivity contribution in [3.63, 3.8) is 0 Å². The summed E-state index contributed by atoms with van der Waals surface area (Å²) in [7, 11) is -4.70. The number of ether oxygens (including phenoxy) is 2. The Morgan fingerprint density at radius 1 is 1.25 bits per heavy atom. The van der Waals surface area contributed by atoms with Crippen LogP contribution in [0.4, 0.5) is 5.82 Å². The number of carbonyl (C=O) groups is 1. The molecule has 36 heavy (non-hydrogen) atoms. The van der Waals surface area contributed by atoms with E-state index < -0.39 is 63.5 Å². The highest BCUT2D eigenvalue weighted by Crippen LogP contribution is 2.49. The van der Waals surface area contributed by atoms with Crippen molar-refractivity contribution >= 4 is 19.9 Å². The van der Waals surface area contributed by atoms with Gasteiger partial charge in [0.05, 0.1) is 31.0 Å². The number of aliphatic hydroxyl groups is 2. The van der Waals surface area contributed by atoms with Gasteiger partial charge in [-0.25, -0.2) is 9.36 Å². The zero-order valence-corrected chi connectivity index (χ0v) is 19.7. The second kappa shape index (κ2) is 10.7. The highest BCUT2D eigenvalue weighted by Gasteiger charge is 2.43. The van der Waals surface area contributed by atoms with Crippen LogP contribution in [-0.2, 0) is 23.1 Å². The number of aldehydes is 1. The lowest BCUT2D eigenvalue weighted by Gasteiger charge is -2.21. The number of phosphoric ester groups is 1. The molecule has 2 fully saturated rings. The number of carbonyl (C=O) groups excluding carboxylic acids is 1. The summed E-state index contributed by atoms with van der Waals surface area (Å²) in [6.45, 7) is -1.05. The summed E-state index contributed by atoms with van der Waals surface area (Å²) < 4.78 is 35.2. The fourth-order valence-corrected chi connectivity index (χ4v) is 5.07. The molecule has 3 heterocycles. The van der Waals surface area contributed by atoms with Crippen LogP contribution in [0.15, 0.2) is 35.3 Å². The van der Waals surface area contributed by atoms with Gasteiger partial charge in [-0.05, 0) is 23.8 Å². The van der Waals surface area contributed by atoms with Crippen molar-refractivity contribution in [2.45, 2.75) is 49.6 Å². The molecule has 1 unspecified atom stereocenters. The maximum atomic E-state index is 12.6. The molecule has 2 aliphatic heterocycles. The number of rotatable bonds is 9. The Morgan fingerprint density at radius 2 is 2.03 bits per heavy atom. The predicted octanol–water partition coefficient (Wildman–Crippen LogP) is 0.0167. The third-order valence-electron chi connectivity index (χ3n) is 5.97. The lowest BCUT2D eigenvalue weighted by molar-refractivity contribution is -0.0512.